The Labute approximate surface area is 136 Å². The van der Waals surface area contributed by atoms with Crippen LogP contribution in [-0.2, 0) is 17.8 Å². The van der Waals surface area contributed by atoms with Crippen molar-refractivity contribution in [2.45, 2.75) is 25.4 Å². The van der Waals surface area contributed by atoms with Crippen LogP contribution in [0.2, 0.25) is 0 Å². The number of fused-ring (bicyclic) bond motifs is 4. The van der Waals surface area contributed by atoms with Crippen molar-refractivity contribution in [3.05, 3.63) is 59.2 Å². The van der Waals surface area contributed by atoms with E-state index in [2.05, 4.69) is 52.7 Å². The summed E-state index contributed by atoms with van der Waals surface area (Å²) in [6, 6.07) is 16.0. The third kappa shape index (κ3) is 2.19. The van der Waals surface area contributed by atoms with Crippen molar-refractivity contribution in [1.82, 2.24) is 10.2 Å². The number of likely N-dealkylation sites (tertiary alicyclic amines) is 1. The highest BCUT2D eigenvalue weighted by Gasteiger charge is 2.39. The summed E-state index contributed by atoms with van der Waals surface area (Å²) < 4.78 is 0. The van der Waals surface area contributed by atoms with Gasteiger partial charge >= 0.3 is 0 Å². The Morgan fingerprint density at radius 2 is 1.91 bits per heavy atom. The van der Waals surface area contributed by atoms with Gasteiger partial charge in [-0.3, -0.25) is 9.69 Å². The first-order valence-electron chi connectivity index (χ1n) is 8.48. The minimum Gasteiger partial charge on any atom is -0.352 e. The average Bonchev–Trinajstić information content (AvgIpc) is 3.17. The Morgan fingerprint density at radius 1 is 1.04 bits per heavy atom. The van der Waals surface area contributed by atoms with Crippen LogP contribution in [0.4, 0.5) is 0 Å². The highest BCUT2D eigenvalue weighted by molar-refractivity contribution is 5.79. The predicted molar refractivity (Wildman–Crippen MR) is 90.0 cm³/mol. The zero-order valence-electron chi connectivity index (χ0n) is 13.1. The number of hydrogen-bond acceptors (Lipinski definition) is 2. The average molecular weight is 304 g/mol. The SMILES string of the molecule is O=C1C[C@H]2CN(Cc3ccc4c(c3)Cc3ccccc3-4)C[C@H]2N1. The van der Waals surface area contributed by atoms with Crippen LogP contribution < -0.4 is 5.32 Å². The van der Waals surface area contributed by atoms with Gasteiger partial charge in [0, 0.05) is 38.0 Å². The van der Waals surface area contributed by atoms with Gasteiger partial charge in [0.2, 0.25) is 5.91 Å². The minimum atomic E-state index is 0.231. The van der Waals surface area contributed by atoms with Gasteiger partial charge in [-0.05, 0) is 34.2 Å². The monoisotopic (exact) mass is 304 g/mol. The number of amides is 1. The number of benzene rings is 2. The Kier molecular flexibility index (Phi) is 2.86. The Bertz CT molecular complexity index is 782. The number of carbonyl (C=O) groups is 1. The van der Waals surface area contributed by atoms with E-state index in [0.717, 1.165) is 26.1 Å². The number of nitrogens with one attached hydrogen (secondary N) is 1. The standard InChI is InChI=1S/C20H20N2O/c23-20-9-16-11-22(12-19(16)21-20)10-13-5-6-18-15(7-13)8-14-3-1-2-4-17(14)18/h1-7,16,19H,8-12H2,(H,21,23)/t16-,19+/m0/s1. The summed E-state index contributed by atoms with van der Waals surface area (Å²) in [4.78, 5) is 13.9. The summed E-state index contributed by atoms with van der Waals surface area (Å²) in [6.45, 7) is 3.03. The maximum atomic E-state index is 11.4. The first-order chi connectivity index (χ1) is 11.3. The lowest BCUT2D eigenvalue weighted by Crippen LogP contribution is -2.32. The van der Waals surface area contributed by atoms with E-state index in [0.29, 0.717) is 18.4 Å². The van der Waals surface area contributed by atoms with E-state index in [4.69, 9.17) is 0 Å². The van der Waals surface area contributed by atoms with Crippen LogP contribution in [0.1, 0.15) is 23.1 Å². The number of nitrogens with zero attached hydrogens (tertiary/aromatic N) is 1. The summed E-state index contributed by atoms with van der Waals surface area (Å²) in [5, 5.41) is 3.10. The van der Waals surface area contributed by atoms with Gasteiger partial charge in [-0.1, -0.05) is 42.5 Å². The lowest BCUT2D eigenvalue weighted by Gasteiger charge is -2.17. The maximum Gasteiger partial charge on any atom is 0.220 e. The molecule has 5 rings (SSSR count). The van der Waals surface area contributed by atoms with Crippen LogP contribution in [0.25, 0.3) is 11.1 Å². The van der Waals surface area contributed by atoms with Crippen molar-refractivity contribution >= 4 is 5.91 Å². The maximum absolute atomic E-state index is 11.4. The molecule has 0 bridgehead atoms. The summed E-state index contributed by atoms with van der Waals surface area (Å²) in [7, 11) is 0. The molecule has 2 saturated heterocycles. The molecule has 1 amide bonds. The zero-order chi connectivity index (χ0) is 15.4. The van der Waals surface area contributed by atoms with Gasteiger partial charge in [-0.25, -0.2) is 0 Å². The number of hydrogen-bond donors (Lipinski definition) is 1. The molecule has 23 heavy (non-hydrogen) atoms. The van der Waals surface area contributed by atoms with Crippen molar-refractivity contribution in [3.8, 4) is 11.1 Å². The van der Waals surface area contributed by atoms with E-state index < -0.39 is 0 Å². The topological polar surface area (TPSA) is 32.3 Å². The molecule has 0 spiro atoms. The third-order valence-corrected chi connectivity index (χ3v) is 5.57. The third-order valence-electron chi connectivity index (χ3n) is 5.57. The molecular weight excluding hydrogens is 284 g/mol. The van der Waals surface area contributed by atoms with Crippen molar-refractivity contribution in [1.29, 1.82) is 0 Å². The first kappa shape index (κ1) is 13.3. The van der Waals surface area contributed by atoms with Crippen LogP contribution in [0.15, 0.2) is 42.5 Å². The molecule has 116 valence electrons. The lowest BCUT2D eigenvalue weighted by atomic mass is 10.0. The fourth-order valence-corrected chi connectivity index (χ4v) is 4.52. The Hall–Kier alpha value is -2.13. The summed E-state index contributed by atoms with van der Waals surface area (Å²) in [5.74, 6) is 0.746. The van der Waals surface area contributed by atoms with E-state index in [1.54, 1.807) is 0 Å². The highest BCUT2D eigenvalue weighted by atomic mass is 16.2. The molecular formula is C20H20N2O. The second-order valence-corrected chi connectivity index (χ2v) is 7.16. The van der Waals surface area contributed by atoms with Crippen LogP contribution in [0, 0.1) is 5.92 Å². The van der Waals surface area contributed by atoms with Gasteiger partial charge in [-0.2, -0.15) is 0 Å². The van der Waals surface area contributed by atoms with E-state index in [1.807, 2.05) is 0 Å². The molecule has 3 nitrogen and oxygen atoms in total. The molecule has 0 radical (unpaired) electrons. The molecule has 3 aliphatic rings. The molecule has 2 heterocycles. The van der Waals surface area contributed by atoms with Gasteiger partial charge in [0.05, 0.1) is 0 Å². The molecule has 0 unspecified atom stereocenters. The molecule has 2 atom stereocenters. The Morgan fingerprint density at radius 3 is 2.83 bits per heavy atom. The fourth-order valence-electron chi connectivity index (χ4n) is 4.52. The van der Waals surface area contributed by atoms with Gasteiger partial charge in [0.15, 0.2) is 0 Å². The van der Waals surface area contributed by atoms with E-state index in [9.17, 15) is 4.79 Å². The fraction of sp³-hybridized carbons (Fsp3) is 0.350. The number of rotatable bonds is 2. The molecule has 3 heteroatoms. The Balaban J connectivity index is 1.34. The molecule has 2 aliphatic heterocycles. The minimum absolute atomic E-state index is 0.231. The molecule has 0 saturated carbocycles. The smallest absolute Gasteiger partial charge is 0.220 e. The molecule has 2 aromatic rings. The normalized spacial score (nSPS) is 25.1. The summed E-state index contributed by atoms with van der Waals surface area (Å²) in [5.41, 5.74) is 7.08. The van der Waals surface area contributed by atoms with Crippen LogP contribution in [-0.4, -0.2) is 29.9 Å². The van der Waals surface area contributed by atoms with Gasteiger partial charge in [-0.15, -0.1) is 0 Å². The quantitative estimate of drug-likeness (QED) is 0.789. The van der Waals surface area contributed by atoms with Gasteiger partial charge < -0.3 is 5.32 Å². The summed E-state index contributed by atoms with van der Waals surface area (Å²) in [6.07, 6.45) is 1.77. The molecule has 0 aromatic heterocycles. The predicted octanol–water partition coefficient (Wildman–Crippen LogP) is 2.58. The van der Waals surface area contributed by atoms with E-state index in [-0.39, 0.29) is 5.91 Å². The van der Waals surface area contributed by atoms with Crippen LogP contribution >= 0.6 is 0 Å². The zero-order valence-corrected chi connectivity index (χ0v) is 13.1. The van der Waals surface area contributed by atoms with Crippen molar-refractivity contribution in [2.24, 2.45) is 5.92 Å². The van der Waals surface area contributed by atoms with Crippen molar-refractivity contribution < 1.29 is 4.79 Å². The second kappa shape index (κ2) is 4.93. The van der Waals surface area contributed by atoms with Gasteiger partial charge in [0.25, 0.3) is 0 Å². The highest BCUT2D eigenvalue weighted by Crippen LogP contribution is 2.37. The van der Waals surface area contributed by atoms with E-state index >= 15 is 0 Å². The van der Waals surface area contributed by atoms with Crippen molar-refractivity contribution in [2.75, 3.05) is 13.1 Å². The van der Waals surface area contributed by atoms with Crippen LogP contribution in [0.5, 0.6) is 0 Å². The van der Waals surface area contributed by atoms with Crippen LogP contribution in [0.3, 0.4) is 0 Å². The van der Waals surface area contributed by atoms with E-state index in [1.165, 1.54) is 27.8 Å². The van der Waals surface area contributed by atoms with Gasteiger partial charge in [0.1, 0.15) is 0 Å². The largest absolute Gasteiger partial charge is 0.352 e. The number of carbonyl (C=O) groups excluding carboxylic acids is 1. The second-order valence-electron chi connectivity index (χ2n) is 7.16. The summed E-state index contributed by atoms with van der Waals surface area (Å²) >= 11 is 0. The van der Waals surface area contributed by atoms with Crippen molar-refractivity contribution in [3.63, 3.8) is 0 Å². The lowest BCUT2D eigenvalue weighted by molar-refractivity contribution is -0.119. The molecule has 1 aliphatic carbocycles. The molecule has 2 aromatic carbocycles. The molecule has 1 N–H and O–H groups in total. The first-order valence-corrected chi connectivity index (χ1v) is 8.48. The molecule has 2 fully saturated rings.